The molecule has 1 rings (SSSR count). The van der Waals surface area contributed by atoms with Crippen molar-refractivity contribution in [2.75, 3.05) is 53.4 Å². The summed E-state index contributed by atoms with van der Waals surface area (Å²) in [6.45, 7) is 10.6. The van der Waals surface area contributed by atoms with Crippen molar-refractivity contribution in [3.63, 3.8) is 0 Å². The SMILES string of the molecule is CC(C)CN(CCN(C)C)C(=O)COC1(C)CNC1. The van der Waals surface area contributed by atoms with Gasteiger partial charge in [0.1, 0.15) is 6.61 Å². The molecular weight excluding hydrogens is 242 g/mol. The summed E-state index contributed by atoms with van der Waals surface area (Å²) in [6.07, 6.45) is 0. The molecule has 0 atom stereocenters. The minimum absolute atomic E-state index is 0.101. The van der Waals surface area contributed by atoms with Gasteiger partial charge in [0.05, 0.1) is 5.60 Å². The number of amides is 1. The van der Waals surface area contributed by atoms with E-state index < -0.39 is 0 Å². The molecule has 1 aliphatic rings. The van der Waals surface area contributed by atoms with Crippen LogP contribution in [0.2, 0.25) is 0 Å². The lowest BCUT2D eigenvalue weighted by Gasteiger charge is -2.39. The Hall–Kier alpha value is -0.650. The average molecular weight is 271 g/mol. The Morgan fingerprint density at radius 3 is 2.37 bits per heavy atom. The molecule has 0 unspecified atom stereocenters. The lowest BCUT2D eigenvalue weighted by molar-refractivity contribution is -0.146. The summed E-state index contributed by atoms with van der Waals surface area (Å²) in [5, 5.41) is 3.17. The molecule has 0 aromatic carbocycles. The van der Waals surface area contributed by atoms with Crippen LogP contribution in [0.1, 0.15) is 20.8 Å². The van der Waals surface area contributed by atoms with Gasteiger partial charge >= 0.3 is 0 Å². The average Bonchev–Trinajstić information content (AvgIpc) is 2.28. The Morgan fingerprint density at radius 1 is 1.32 bits per heavy atom. The van der Waals surface area contributed by atoms with Crippen molar-refractivity contribution in [1.29, 1.82) is 0 Å². The molecule has 0 radical (unpaired) electrons. The molecule has 1 fully saturated rings. The number of nitrogens with one attached hydrogen (secondary N) is 1. The second-order valence-corrected chi connectivity index (χ2v) is 6.38. The third kappa shape index (κ3) is 5.89. The molecule has 5 nitrogen and oxygen atoms in total. The number of rotatable bonds is 8. The summed E-state index contributed by atoms with van der Waals surface area (Å²) in [5.74, 6) is 0.579. The van der Waals surface area contributed by atoms with Crippen LogP contribution < -0.4 is 5.32 Å². The van der Waals surface area contributed by atoms with E-state index in [0.717, 1.165) is 32.7 Å². The van der Waals surface area contributed by atoms with Gasteiger partial charge in [-0.25, -0.2) is 0 Å². The Labute approximate surface area is 117 Å². The molecular formula is C14H29N3O2. The fourth-order valence-corrected chi connectivity index (χ4v) is 1.99. The number of hydrogen-bond acceptors (Lipinski definition) is 4. The van der Waals surface area contributed by atoms with E-state index in [9.17, 15) is 4.79 Å². The van der Waals surface area contributed by atoms with Crippen LogP contribution in [0.5, 0.6) is 0 Å². The van der Waals surface area contributed by atoms with E-state index in [0.29, 0.717) is 5.92 Å². The van der Waals surface area contributed by atoms with E-state index >= 15 is 0 Å². The van der Waals surface area contributed by atoms with Crippen molar-refractivity contribution in [3.8, 4) is 0 Å². The van der Waals surface area contributed by atoms with Gasteiger partial charge < -0.3 is 19.9 Å². The molecule has 1 N–H and O–H groups in total. The first-order chi connectivity index (χ1) is 8.82. The van der Waals surface area contributed by atoms with Gasteiger partial charge in [-0.3, -0.25) is 4.79 Å². The Morgan fingerprint density at radius 2 is 1.95 bits per heavy atom. The predicted octanol–water partition coefficient (Wildman–Crippen LogP) is 0.411. The molecule has 1 aliphatic heterocycles. The normalized spacial score (nSPS) is 17.6. The number of nitrogens with zero attached hydrogens (tertiary/aromatic N) is 2. The highest BCUT2D eigenvalue weighted by molar-refractivity contribution is 5.77. The molecule has 112 valence electrons. The molecule has 1 saturated heterocycles. The third-order valence-corrected chi connectivity index (χ3v) is 3.30. The van der Waals surface area contributed by atoms with Crippen molar-refractivity contribution in [1.82, 2.24) is 15.1 Å². The van der Waals surface area contributed by atoms with Gasteiger partial charge in [-0.1, -0.05) is 13.8 Å². The first-order valence-electron chi connectivity index (χ1n) is 7.09. The summed E-state index contributed by atoms with van der Waals surface area (Å²) in [5.41, 5.74) is -0.152. The molecule has 1 amide bonds. The summed E-state index contributed by atoms with van der Waals surface area (Å²) in [4.78, 5) is 16.3. The second-order valence-electron chi connectivity index (χ2n) is 6.38. The van der Waals surface area contributed by atoms with E-state index in [-0.39, 0.29) is 18.1 Å². The molecule has 0 aromatic rings. The fraction of sp³-hybridized carbons (Fsp3) is 0.929. The zero-order valence-corrected chi connectivity index (χ0v) is 13.0. The van der Waals surface area contributed by atoms with Crippen molar-refractivity contribution >= 4 is 5.91 Å². The molecule has 0 aromatic heterocycles. The van der Waals surface area contributed by atoms with Gasteiger partial charge in [0, 0.05) is 32.7 Å². The predicted molar refractivity (Wildman–Crippen MR) is 77.2 cm³/mol. The Bertz CT molecular complexity index is 288. The van der Waals surface area contributed by atoms with Crippen LogP contribution in [0.3, 0.4) is 0 Å². The van der Waals surface area contributed by atoms with Crippen molar-refractivity contribution in [2.45, 2.75) is 26.4 Å². The lowest BCUT2D eigenvalue weighted by Crippen LogP contribution is -2.59. The zero-order chi connectivity index (χ0) is 14.5. The van der Waals surface area contributed by atoms with Crippen LogP contribution in [0.4, 0.5) is 0 Å². The summed E-state index contributed by atoms with van der Waals surface area (Å²) in [7, 11) is 4.05. The summed E-state index contributed by atoms with van der Waals surface area (Å²) >= 11 is 0. The van der Waals surface area contributed by atoms with Crippen LogP contribution in [-0.4, -0.2) is 74.7 Å². The van der Waals surface area contributed by atoms with Crippen LogP contribution >= 0.6 is 0 Å². The minimum Gasteiger partial charge on any atom is -0.363 e. The van der Waals surface area contributed by atoms with Crippen LogP contribution in [-0.2, 0) is 9.53 Å². The van der Waals surface area contributed by atoms with Crippen molar-refractivity contribution < 1.29 is 9.53 Å². The number of hydrogen-bond donors (Lipinski definition) is 1. The van der Waals surface area contributed by atoms with E-state index in [1.54, 1.807) is 0 Å². The van der Waals surface area contributed by atoms with Gasteiger partial charge in [-0.2, -0.15) is 0 Å². The second kappa shape index (κ2) is 7.22. The highest BCUT2D eigenvalue weighted by Crippen LogP contribution is 2.15. The zero-order valence-electron chi connectivity index (χ0n) is 13.0. The first-order valence-corrected chi connectivity index (χ1v) is 7.09. The molecule has 0 aliphatic carbocycles. The maximum absolute atomic E-state index is 12.2. The van der Waals surface area contributed by atoms with Gasteiger partial charge in [0.15, 0.2) is 0 Å². The summed E-state index contributed by atoms with van der Waals surface area (Å²) < 4.78 is 5.73. The van der Waals surface area contributed by atoms with Crippen LogP contribution in [0.25, 0.3) is 0 Å². The van der Waals surface area contributed by atoms with Crippen molar-refractivity contribution in [3.05, 3.63) is 0 Å². The molecule has 0 spiro atoms. The lowest BCUT2D eigenvalue weighted by atomic mass is 10.0. The monoisotopic (exact) mass is 271 g/mol. The maximum atomic E-state index is 12.2. The van der Waals surface area contributed by atoms with E-state index in [1.807, 2.05) is 25.9 Å². The number of ether oxygens (including phenoxy) is 1. The number of likely N-dealkylation sites (N-methyl/N-ethyl adjacent to an activating group) is 1. The van der Waals surface area contributed by atoms with Gasteiger partial charge in [-0.05, 0) is 26.9 Å². The molecule has 5 heteroatoms. The Balaban J connectivity index is 2.40. The van der Waals surface area contributed by atoms with Gasteiger partial charge in [-0.15, -0.1) is 0 Å². The van der Waals surface area contributed by atoms with Crippen LogP contribution in [0, 0.1) is 5.92 Å². The van der Waals surface area contributed by atoms with E-state index in [1.165, 1.54) is 0 Å². The molecule has 0 bridgehead atoms. The fourth-order valence-electron chi connectivity index (χ4n) is 1.99. The minimum atomic E-state index is -0.152. The highest BCUT2D eigenvalue weighted by atomic mass is 16.5. The van der Waals surface area contributed by atoms with Gasteiger partial charge in [0.25, 0.3) is 0 Å². The van der Waals surface area contributed by atoms with Crippen LogP contribution in [0.15, 0.2) is 0 Å². The van der Waals surface area contributed by atoms with Gasteiger partial charge in [0.2, 0.25) is 5.91 Å². The Kier molecular flexibility index (Phi) is 6.23. The highest BCUT2D eigenvalue weighted by Gasteiger charge is 2.33. The third-order valence-electron chi connectivity index (χ3n) is 3.30. The molecule has 19 heavy (non-hydrogen) atoms. The maximum Gasteiger partial charge on any atom is 0.248 e. The standard InChI is InChI=1S/C14H29N3O2/c1-12(2)8-17(7-6-16(4)5)13(18)9-19-14(3)10-15-11-14/h12,15H,6-11H2,1-5H3. The number of carbonyl (C=O) groups is 1. The summed E-state index contributed by atoms with van der Waals surface area (Å²) in [6, 6.07) is 0. The smallest absolute Gasteiger partial charge is 0.248 e. The first kappa shape index (κ1) is 16.4. The topological polar surface area (TPSA) is 44.8 Å². The van der Waals surface area contributed by atoms with E-state index in [2.05, 4.69) is 24.1 Å². The quantitative estimate of drug-likeness (QED) is 0.694. The molecule has 1 heterocycles. The van der Waals surface area contributed by atoms with Crippen molar-refractivity contribution in [2.24, 2.45) is 5.92 Å². The molecule has 0 saturated carbocycles. The largest absolute Gasteiger partial charge is 0.363 e. The van der Waals surface area contributed by atoms with E-state index in [4.69, 9.17) is 4.74 Å². The number of carbonyl (C=O) groups excluding carboxylic acids is 1.